The van der Waals surface area contributed by atoms with Gasteiger partial charge in [0, 0.05) is 42.9 Å². The van der Waals surface area contributed by atoms with Gasteiger partial charge in [0.05, 0.1) is 12.7 Å². The number of nitrogens with one attached hydrogen (secondary N) is 1. The average molecular weight is 624 g/mol. The lowest BCUT2D eigenvalue weighted by atomic mass is 10.2. The summed E-state index contributed by atoms with van der Waals surface area (Å²) in [6, 6.07) is 9.86. The van der Waals surface area contributed by atoms with Crippen LogP contribution in [0.4, 0.5) is 0 Å². The van der Waals surface area contributed by atoms with Crippen LogP contribution in [0.2, 0.25) is 0 Å². The van der Waals surface area contributed by atoms with Crippen molar-refractivity contribution in [1.82, 2.24) is 14.2 Å². The molecule has 3 rings (SSSR count). The van der Waals surface area contributed by atoms with Crippen molar-refractivity contribution in [2.75, 3.05) is 19.0 Å². The van der Waals surface area contributed by atoms with Gasteiger partial charge in [-0.2, -0.15) is 0 Å². The lowest BCUT2D eigenvalue weighted by Gasteiger charge is -2.37. The van der Waals surface area contributed by atoms with Crippen LogP contribution >= 0.6 is 20.3 Å². The van der Waals surface area contributed by atoms with E-state index in [4.69, 9.17) is 18.5 Å². The first kappa shape index (κ1) is 34.5. The van der Waals surface area contributed by atoms with Crippen molar-refractivity contribution in [3.63, 3.8) is 0 Å². The Kier molecular flexibility index (Phi) is 14.2. The number of ether oxygens (including phenoxy) is 2. The van der Waals surface area contributed by atoms with Gasteiger partial charge in [-0.1, -0.05) is 42.8 Å². The van der Waals surface area contributed by atoms with Gasteiger partial charge in [-0.15, -0.1) is 0 Å². The molecule has 4 atom stereocenters. The molecule has 1 saturated heterocycles. The number of para-hydroxylation sites is 1. The number of unbranched alkanes of at least 4 members (excludes halogenated alkanes) is 3. The minimum atomic E-state index is -1.45. The zero-order chi connectivity index (χ0) is 30.6. The third-order valence-electron chi connectivity index (χ3n) is 6.81. The minimum Gasteiger partial charge on any atom is -0.491 e. The lowest BCUT2D eigenvalue weighted by molar-refractivity contribution is -0.109. The number of nitrogens with zero attached hydrogens (tertiary/aromatic N) is 2. The fourth-order valence-electron chi connectivity index (χ4n) is 4.78. The van der Waals surface area contributed by atoms with Crippen LogP contribution < -0.4 is 16.0 Å². The number of rotatable bonds is 17. The standard InChI is InChI=1S/C30H46N3O7PS/c1-21(2)33(22(3)4)41(38-16-12-7-8-13-17-42-24(6)34)40-26-18-28(32-19-23(5)29(35)31-30(32)36)39-27(26)20-37-25-14-10-9-11-15-25/h9-11,14-15,19,21-22,26-28H,7-8,12-13,16-18,20H2,1-6H3,(H,31,35,36). The molecule has 2 aromatic rings. The number of thioether (sulfide) groups is 1. The molecule has 1 fully saturated rings. The van der Waals surface area contributed by atoms with Crippen molar-refractivity contribution < 1.29 is 23.3 Å². The average Bonchev–Trinajstić information content (AvgIpc) is 3.33. The molecule has 12 heteroatoms. The number of aromatic nitrogens is 2. The fourth-order valence-corrected chi connectivity index (χ4v) is 7.22. The molecular weight excluding hydrogens is 577 g/mol. The monoisotopic (exact) mass is 623 g/mol. The normalized spacial score (nSPS) is 19.6. The Bertz CT molecular complexity index is 1220. The highest BCUT2D eigenvalue weighted by Crippen LogP contribution is 2.50. The van der Waals surface area contributed by atoms with E-state index in [9.17, 15) is 14.4 Å². The number of H-pyrrole nitrogens is 1. The highest BCUT2D eigenvalue weighted by atomic mass is 32.2. The van der Waals surface area contributed by atoms with Gasteiger partial charge in [-0.05, 0) is 59.6 Å². The first-order valence-electron chi connectivity index (χ1n) is 14.7. The van der Waals surface area contributed by atoms with E-state index in [-0.39, 0.29) is 23.8 Å². The van der Waals surface area contributed by atoms with E-state index >= 15 is 0 Å². The molecule has 42 heavy (non-hydrogen) atoms. The van der Waals surface area contributed by atoms with Crippen LogP contribution in [0.1, 0.15) is 78.5 Å². The predicted octanol–water partition coefficient (Wildman–Crippen LogP) is 5.80. The molecule has 1 N–H and O–H groups in total. The SMILES string of the molecule is CC(=O)SCCCCCCOP(OC1CC(n2cc(C)c(=O)[nH]c2=O)OC1COc1ccccc1)N(C(C)C)C(C)C. The maximum Gasteiger partial charge on any atom is 0.330 e. The van der Waals surface area contributed by atoms with Crippen LogP contribution in [0, 0.1) is 6.92 Å². The summed E-state index contributed by atoms with van der Waals surface area (Å²) in [5, 5.41) is 0.162. The third-order valence-corrected chi connectivity index (χ3v) is 9.87. The molecular formula is C30H46N3O7PS. The Balaban J connectivity index is 1.74. The second kappa shape index (κ2) is 17.3. The Hall–Kier alpha value is -2.01. The molecule has 1 aromatic heterocycles. The lowest BCUT2D eigenvalue weighted by Crippen LogP contribution is -2.37. The maximum absolute atomic E-state index is 12.7. The van der Waals surface area contributed by atoms with Gasteiger partial charge >= 0.3 is 5.69 Å². The molecule has 0 amide bonds. The molecule has 1 aliphatic heterocycles. The van der Waals surface area contributed by atoms with Crippen LogP contribution in [0.3, 0.4) is 0 Å². The predicted molar refractivity (Wildman–Crippen MR) is 168 cm³/mol. The second-order valence-corrected chi connectivity index (χ2v) is 13.7. The highest BCUT2D eigenvalue weighted by Gasteiger charge is 2.42. The summed E-state index contributed by atoms with van der Waals surface area (Å²) in [6.45, 7) is 12.6. The van der Waals surface area contributed by atoms with Crippen molar-refractivity contribution in [3.05, 3.63) is 62.9 Å². The van der Waals surface area contributed by atoms with Gasteiger partial charge in [0.1, 0.15) is 24.7 Å². The molecule has 0 bridgehead atoms. The van der Waals surface area contributed by atoms with Crippen LogP contribution in [0.5, 0.6) is 5.75 Å². The van der Waals surface area contributed by atoms with Crippen molar-refractivity contribution in [3.8, 4) is 5.75 Å². The Labute approximate surface area is 254 Å². The number of carbonyl (C=O) groups is 1. The van der Waals surface area contributed by atoms with Gasteiger partial charge in [0.2, 0.25) is 0 Å². The van der Waals surface area contributed by atoms with Crippen LogP contribution in [0.15, 0.2) is 46.1 Å². The van der Waals surface area contributed by atoms with Gasteiger partial charge < -0.3 is 18.5 Å². The minimum absolute atomic E-state index is 0.162. The first-order chi connectivity index (χ1) is 20.1. The number of carbonyl (C=O) groups excluding carboxylic acids is 1. The zero-order valence-corrected chi connectivity index (χ0v) is 27.3. The highest BCUT2D eigenvalue weighted by molar-refractivity contribution is 8.13. The topological polar surface area (TPSA) is 112 Å². The summed E-state index contributed by atoms with van der Waals surface area (Å²) < 4.78 is 29.3. The quantitative estimate of drug-likeness (QED) is 0.173. The number of hydrogen-bond donors (Lipinski definition) is 1. The van der Waals surface area contributed by atoms with E-state index in [1.807, 2.05) is 30.3 Å². The van der Waals surface area contributed by atoms with E-state index in [2.05, 4.69) is 37.3 Å². The molecule has 0 aliphatic carbocycles. The summed E-state index contributed by atoms with van der Waals surface area (Å²) in [6.07, 6.45) is 4.39. The first-order valence-corrected chi connectivity index (χ1v) is 16.8. The Morgan fingerprint density at radius 1 is 1.12 bits per heavy atom. The molecule has 1 aromatic carbocycles. The summed E-state index contributed by atoms with van der Waals surface area (Å²) in [5.41, 5.74) is -0.508. The van der Waals surface area contributed by atoms with Gasteiger partial charge in [-0.3, -0.25) is 19.1 Å². The molecule has 2 heterocycles. The van der Waals surface area contributed by atoms with Crippen molar-refractivity contribution in [1.29, 1.82) is 0 Å². The summed E-state index contributed by atoms with van der Waals surface area (Å²) in [5.74, 6) is 1.57. The van der Waals surface area contributed by atoms with Crippen molar-refractivity contribution in [2.24, 2.45) is 0 Å². The molecule has 10 nitrogen and oxygen atoms in total. The summed E-state index contributed by atoms with van der Waals surface area (Å²) in [7, 11) is -1.45. The van der Waals surface area contributed by atoms with E-state index in [1.165, 1.54) is 22.5 Å². The van der Waals surface area contributed by atoms with Crippen LogP contribution in [-0.2, 0) is 18.6 Å². The van der Waals surface area contributed by atoms with E-state index in [0.29, 0.717) is 24.3 Å². The summed E-state index contributed by atoms with van der Waals surface area (Å²) in [4.78, 5) is 38.2. The van der Waals surface area contributed by atoms with Crippen LogP contribution in [0.25, 0.3) is 0 Å². The zero-order valence-electron chi connectivity index (χ0n) is 25.6. The molecule has 0 spiro atoms. The molecule has 0 radical (unpaired) electrons. The fraction of sp³-hybridized carbons (Fsp3) is 0.633. The summed E-state index contributed by atoms with van der Waals surface area (Å²) >= 11 is 1.38. The number of aromatic amines is 1. The van der Waals surface area contributed by atoms with E-state index in [0.717, 1.165) is 31.4 Å². The number of aryl methyl sites for hydroxylation is 1. The molecule has 234 valence electrons. The second-order valence-electron chi connectivity index (χ2n) is 11.0. The molecule has 0 saturated carbocycles. The van der Waals surface area contributed by atoms with E-state index < -0.39 is 38.2 Å². The van der Waals surface area contributed by atoms with E-state index in [1.54, 1.807) is 13.8 Å². The Morgan fingerprint density at radius 2 is 1.81 bits per heavy atom. The van der Waals surface area contributed by atoms with Crippen molar-refractivity contribution in [2.45, 2.75) is 104 Å². The van der Waals surface area contributed by atoms with Gasteiger partial charge in [-0.25, -0.2) is 9.46 Å². The Morgan fingerprint density at radius 3 is 2.48 bits per heavy atom. The van der Waals surface area contributed by atoms with Gasteiger partial charge in [0.15, 0.2) is 5.12 Å². The molecule has 4 unspecified atom stereocenters. The van der Waals surface area contributed by atoms with Crippen LogP contribution in [-0.4, -0.2) is 62.6 Å². The number of hydrogen-bond acceptors (Lipinski definition) is 9. The van der Waals surface area contributed by atoms with Crippen molar-refractivity contribution >= 4 is 25.4 Å². The largest absolute Gasteiger partial charge is 0.491 e. The maximum atomic E-state index is 12.7. The molecule has 1 aliphatic rings. The van der Waals surface area contributed by atoms with Gasteiger partial charge in [0.25, 0.3) is 14.1 Å². The smallest absolute Gasteiger partial charge is 0.330 e. The number of benzene rings is 1. The third kappa shape index (κ3) is 10.6.